The van der Waals surface area contributed by atoms with E-state index in [1.807, 2.05) is 42.5 Å². The molecule has 0 radical (unpaired) electrons. The van der Waals surface area contributed by atoms with Gasteiger partial charge in [0.15, 0.2) is 0 Å². The number of carbonyl (C=O) groups is 1. The Balaban J connectivity index is 1.29. The summed E-state index contributed by atoms with van der Waals surface area (Å²) < 4.78 is 12.0. The van der Waals surface area contributed by atoms with Gasteiger partial charge in [-0.1, -0.05) is 24.6 Å². The first-order valence-electron chi connectivity index (χ1n) is 11.3. The number of ketones is 1. The molecule has 32 heavy (non-hydrogen) atoms. The number of Topliss-reactive ketones (excluding diaryl/α,β-unsaturated/α-hetero) is 1. The fraction of sp³-hybridized carbons (Fsp3) is 0.385. The topological polar surface area (TPSA) is 68.7 Å². The zero-order chi connectivity index (χ0) is 22.0. The molecule has 1 aromatic heterocycles. The molecule has 6 heteroatoms. The van der Waals surface area contributed by atoms with Gasteiger partial charge in [0, 0.05) is 22.4 Å². The van der Waals surface area contributed by atoms with E-state index in [1.54, 1.807) is 6.07 Å². The molecule has 5 nitrogen and oxygen atoms in total. The highest BCUT2D eigenvalue weighted by molar-refractivity contribution is 6.31. The molecule has 2 saturated heterocycles. The maximum Gasteiger partial charge on any atom is 0.219 e. The number of aliphatic hydroxyl groups is 1. The maximum atomic E-state index is 13.3. The number of hydrogen-bond acceptors (Lipinski definition) is 5. The Morgan fingerprint density at radius 3 is 2.78 bits per heavy atom. The first-order valence-corrected chi connectivity index (χ1v) is 11.7. The molecule has 1 saturated carbocycles. The Labute approximate surface area is 191 Å². The van der Waals surface area contributed by atoms with Crippen molar-refractivity contribution in [1.82, 2.24) is 4.98 Å². The van der Waals surface area contributed by atoms with Crippen LogP contribution >= 0.6 is 11.6 Å². The van der Waals surface area contributed by atoms with Crippen molar-refractivity contribution in [3.63, 3.8) is 0 Å². The molecule has 1 aliphatic carbocycles. The number of fused-ring (bicyclic) bond motifs is 6. The minimum Gasteiger partial charge on any atom is -0.439 e. The molecule has 6 unspecified atom stereocenters. The van der Waals surface area contributed by atoms with E-state index in [4.69, 9.17) is 21.1 Å². The molecule has 3 heterocycles. The van der Waals surface area contributed by atoms with Crippen molar-refractivity contribution in [2.45, 2.75) is 50.4 Å². The zero-order valence-electron chi connectivity index (χ0n) is 17.7. The molecule has 164 valence electrons. The lowest BCUT2D eigenvalue weighted by molar-refractivity contribution is -0.124. The average Bonchev–Trinajstić information content (AvgIpc) is 3.48. The molecule has 0 amide bonds. The minimum absolute atomic E-state index is 0.0151. The highest BCUT2D eigenvalue weighted by Crippen LogP contribution is 2.54. The molecule has 6 atom stereocenters. The number of halogens is 1. The Kier molecular flexibility index (Phi) is 4.75. The fourth-order valence-electron chi connectivity index (χ4n) is 5.97. The summed E-state index contributed by atoms with van der Waals surface area (Å²) in [7, 11) is 0. The fourth-order valence-corrected chi connectivity index (χ4v) is 6.15. The highest BCUT2D eigenvalue weighted by Gasteiger charge is 2.62. The van der Waals surface area contributed by atoms with E-state index in [1.165, 1.54) is 0 Å². The number of aromatic nitrogens is 1. The number of hydrogen-bond donors (Lipinski definition) is 1. The van der Waals surface area contributed by atoms with Crippen LogP contribution in [0.1, 0.15) is 36.8 Å². The van der Waals surface area contributed by atoms with Crippen LogP contribution in [-0.4, -0.2) is 34.2 Å². The zero-order valence-corrected chi connectivity index (χ0v) is 18.5. The number of pyridine rings is 1. The van der Waals surface area contributed by atoms with Gasteiger partial charge in [-0.2, -0.15) is 0 Å². The minimum atomic E-state index is -0.686. The van der Waals surface area contributed by atoms with Crippen LogP contribution in [-0.2, 0) is 16.0 Å². The summed E-state index contributed by atoms with van der Waals surface area (Å²) in [5.74, 6) is 0.578. The third kappa shape index (κ3) is 3.06. The van der Waals surface area contributed by atoms with Gasteiger partial charge in [0.05, 0.1) is 35.7 Å². The summed E-state index contributed by atoms with van der Waals surface area (Å²) in [4.78, 5) is 17.9. The molecule has 1 N–H and O–H groups in total. The van der Waals surface area contributed by atoms with Gasteiger partial charge in [-0.05, 0) is 66.8 Å². The van der Waals surface area contributed by atoms with Gasteiger partial charge in [0.25, 0.3) is 0 Å². The number of aliphatic hydroxyl groups excluding tert-OH is 1. The van der Waals surface area contributed by atoms with Crippen LogP contribution in [0.5, 0.6) is 11.6 Å². The summed E-state index contributed by atoms with van der Waals surface area (Å²) in [6.07, 6.45) is 1.94. The van der Waals surface area contributed by atoms with Gasteiger partial charge in [0.2, 0.25) is 5.88 Å². The summed E-state index contributed by atoms with van der Waals surface area (Å²) in [6, 6.07) is 15.1. The molecule has 2 aliphatic heterocycles. The molecule has 6 rings (SSSR count). The third-order valence-electron chi connectivity index (χ3n) is 7.38. The number of aryl methyl sites for hydroxylation is 1. The lowest BCUT2D eigenvalue weighted by atomic mass is 9.81. The van der Waals surface area contributed by atoms with Crippen molar-refractivity contribution < 1.29 is 19.4 Å². The number of ether oxygens (including phenoxy) is 2. The van der Waals surface area contributed by atoms with Crippen LogP contribution in [0.15, 0.2) is 48.5 Å². The monoisotopic (exact) mass is 449 g/mol. The van der Waals surface area contributed by atoms with E-state index < -0.39 is 12.0 Å². The maximum absolute atomic E-state index is 13.3. The number of carbonyl (C=O) groups excluding carboxylic acids is 1. The second-order valence-electron chi connectivity index (χ2n) is 9.07. The van der Waals surface area contributed by atoms with Crippen LogP contribution in [0.2, 0.25) is 5.02 Å². The lowest BCUT2D eigenvalue weighted by Crippen LogP contribution is -2.31. The second-order valence-corrected chi connectivity index (χ2v) is 9.50. The summed E-state index contributed by atoms with van der Waals surface area (Å²) in [6.45, 7) is 2.06. The second kappa shape index (κ2) is 7.55. The smallest absolute Gasteiger partial charge is 0.219 e. The van der Waals surface area contributed by atoms with Gasteiger partial charge in [-0.3, -0.25) is 4.79 Å². The predicted octanol–water partition coefficient (Wildman–Crippen LogP) is 5.06. The largest absolute Gasteiger partial charge is 0.439 e. The highest BCUT2D eigenvalue weighted by atomic mass is 35.5. The van der Waals surface area contributed by atoms with E-state index in [0.29, 0.717) is 16.7 Å². The first kappa shape index (κ1) is 20.2. The van der Waals surface area contributed by atoms with Crippen LogP contribution in [0.4, 0.5) is 0 Å². The Bertz CT molecular complexity index is 1230. The van der Waals surface area contributed by atoms with Gasteiger partial charge in [-0.25, -0.2) is 4.98 Å². The molecule has 0 spiro atoms. The van der Waals surface area contributed by atoms with E-state index in [0.717, 1.165) is 41.3 Å². The molecular formula is C26H24ClNO4. The first-order chi connectivity index (χ1) is 15.5. The van der Waals surface area contributed by atoms with Gasteiger partial charge >= 0.3 is 0 Å². The van der Waals surface area contributed by atoms with Crippen molar-refractivity contribution in [2.75, 3.05) is 0 Å². The van der Waals surface area contributed by atoms with E-state index in [9.17, 15) is 9.90 Å². The average molecular weight is 450 g/mol. The summed E-state index contributed by atoms with van der Waals surface area (Å²) in [5.41, 5.74) is 2.73. The van der Waals surface area contributed by atoms with E-state index in [2.05, 4.69) is 11.9 Å². The Morgan fingerprint density at radius 1 is 1.12 bits per heavy atom. The third-order valence-corrected chi connectivity index (χ3v) is 7.61. The van der Waals surface area contributed by atoms with Gasteiger partial charge in [-0.15, -0.1) is 0 Å². The van der Waals surface area contributed by atoms with Crippen LogP contribution in [0.3, 0.4) is 0 Å². The number of rotatable bonds is 4. The van der Waals surface area contributed by atoms with Crippen molar-refractivity contribution >= 4 is 28.3 Å². The normalized spacial score (nSPS) is 30.8. The molecule has 2 aromatic carbocycles. The number of nitrogens with zero attached hydrogens (tertiary/aromatic N) is 1. The predicted molar refractivity (Wildman–Crippen MR) is 121 cm³/mol. The molecule has 3 aromatic rings. The van der Waals surface area contributed by atoms with E-state index in [-0.39, 0.29) is 29.8 Å². The van der Waals surface area contributed by atoms with Crippen LogP contribution in [0, 0.1) is 11.8 Å². The van der Waals surface area contributed by atoms with Crippen LogP contribution in [0.25, 0.3) is 10.9 Å². The molecular weight excluding hydrogens is 426 g/mol. The molecule has 3 aliphatic rings. The Morgan fingerprint density at radius 2 is 1.97 bits per heavy atom. The molecule has 2 bridgehead atoms. The standard InChI is InChI=1S/C26H24ClNO4/c1-2-13-12-16(31-21-10-3-14-11-15(27)4-7-18(14)28-21)5-6-17(13)22-25(29)23-19-8-9-20(32-19)24(23)26(22)30/h3-7,10-12,19-20,22-25,29H,2,8-9H2,1H3. The number of benzene rings is 2. The van der Waals surface area contributed by atoms with Gasteiger partial charge < -0.3 is 14.6 Å². The lowest BCUT2D eigenvalue weighted by Gasteiger charge is -2.23. The molecule has 3 fully saturated rings. The van der Waals surface area contributed by atoms with Gasteiger partial charge in [0.1, 0.15) is 11.5 Å². The van der Waals surface area contributed by atoms with Crippen molar-refractivity contribution in [3.8, 4) is 11.6 Å². The van der Waals surface area contributed by atoms with Crippen molar-refractivity contribution in [1.29, 1.82) is 0 Å². The quantitative estimate of drug-likeness (QED) is 0.602. The summed E-state index contributed by atoms with van der Waals surface area (Å²) >= 11 is 6.05. The van der Waals surface area contributed by atoms with Crippen molar-refractivity contribution in [2.24, 2.45) is 11.8 Å². The SMILES string of the molecule is CCc1cc(Oc2ccc3cc(Cl)ccc3n2)ccc1C1C(=O)C2C3CCC(O3)C2C1O. The van der Waals surface area contributed by atoms with Crippen molar-refractivity contribution in [3.05, 3.63) is 64.7 Å². The van der Waals surface area contributed by atoms with E-state index >= 15 is 0 Å². The summed E-state index contributed by atoms with van der Waals surface area (Å²) in [5, 5.41) is 12.7. The van der Waals surface area contributed by atoms with Crippen LogP contribution < -0.4 is 4.74 Å². The Hall–Kier alpha value is -2.47.